The van der Waals surface area contributed by atoms with E-state index >= 15 is 0 Å². The number of hydrogen-bond donors (Lipinski definition) is 1. The number of benzene rings is 2. The molecule has 6 nitrogen and oxygen atoms in total. The van der Waals surface area contributed by atoms with Crippen LogP contribution in [0.1, 0.15) is 5.56 Å². The van der Waals surface area contributed by atoms with E-state index in [1.165, 1.54) is 28.0 Å². The van der Waals surface area contributed by atoms with Gasteiger partial charge in [-0.15, -0.1) is 11.3 Å². The second-order valence-electron chi connectivity index (χ2n) is 6.60. The lowest BCUT2D eigenvalue weighted by Gasteiger charge is -2.14. The summed E-state index contributed by atoms with van der Waals surface area (Å²) in [6.07, 6.45) is 0. The van der Waals surface area contributed by atoms with Gasteiger partial charge >= 0.3 is 5.69 Å². The molecule has 2 aromatic carbocycles. The van der Waals surface area contributed by atoms with Gasteiger partial charge in [0, 0.05) is 5.02 Å². The Bertz CT molecular complexity index is 1410. The highest BCUT2D eigenvalue weighted by Crippen LogP contribution is 2.20. The number of anilines is 1. The monoisotopic (exact) mass is 443 g/mol. The normalized spacial score (nSPS) is 11.0. The summed E-state index contributed by atoms with van der Waals surface area (Å²) in [5.41, 5.74) is 0.400. The molecule has 0 spiro atoms. The van der Waals surface area contributed by atoms with E-state index in [1.54, 1.807) is 42.6 Å². The maximum absolute atomic E-state index is 14.0. The van der Waals surface area contributed by atoms with Gasteiger partial charge in [-0.1, -0.05) is 29.8 Å². The highest BCUT2D eigenvalue weighted by Gasteiger charge is 2.19. The Morgan fingerprint density at radius 3 is 2.67 bits per heavy atom. The summed E-state index contributed by atoms with van der Waals surface area (Å²) in [4.78, 5) is 38.8. The van der Waals surface area contributed by atoms with E-state index in [2.05, 4.69) is 5.32 Å². The van der Waals surface area contributed by atoms with E-state index in [0.29, 0.717) is 15.9 Å². The zero-order chi connectivity index (χ0) is 21.4. The number of fused-ring (bicyclic) bond motifs is 1. The van der Waals surface area contributed by atoms with Crippen molar-refractivity contribution < 1.29 is 9.18 Å². The van der Waals surface area contributed by atoms with E-state index < -0.39 is 23.0 Å². The third-order valence-electron chi connectivity index (χ3n) is 4.62. The first kappa shape index (κ1) is 20.1. The maximum atomic E-state index is 14.0. The van der Waals surface area contributed by atoms with Crippen molar-refractivity contribution in [1.29, 1.82) is 0 Å². The second kappa shape index (κ2) is 7.89. The van der Waals surface area contributed by atoms with Crippen LogP contribution in [-0.4, -0.2) is 15.0 Å². The fourth-order valence-electron chi connectivity index (χ4n) is 3.19. The van der Waals surface area contributed by atoms with E-state index in [9.17, 15) is 18.8 Å². The van der Waals surface area contributed by atoms with Gasteiger partial charge in [0.15, 0.2) is 0 Å². The van der Waals surface area contributed by atoms with Crippen molar-refractivity contribution in [2.45, 2.75) is 13.5 Å². The lowest BCUT2D eigenvalue weighted by molar-refractivity contribution is -0.116. The highest BCUT2D eigenvalue weighted by molar-refractivity contribution is 7.17. The van der Waals surface area contributed by atoms with E-state index in [4.69, 9.17) is 11.6 Å². The number of nitrogens with one attached hydrogen (secondary N) is 1. The fraction of sp³-hybridized carbons (Fsp3) is 0.0952. The number of carbonyl (C=O) groups is 1. The van der Waals surface area contributed by atoms with Gasteiger partial charge in [0.1, 0.15) is 17.1 Å². The first-order valence-corrected chi connectivity index (χ1v) is 10.2. The molecule has 1 N–H and O–H groups in total. The maximum Gasteiger partial charge on any atom is 0.336 e. The summed E-state index contributed by atoms with van der Waals surface area (Å²) < 4.78 is 16.6. The molecule has 0 saturated heterocycles. The third-order valence-corrected chi connectivity index (χ3v) is 5.74. The number of para-hydroxylation sites is 1. The van der Waals surface area contributed by atoms with Crippen molar-refractivity contribution >= 4 is 44.7 Å². The molecule has 0 aliphatic rings. The summed E-state index contributed by atoms with van der Waals surface area (Å²) in [5.74, 6) is -1.30. The molecule has 0 radical (unpaired) electrons. The number of thiophene rings is 1. The number of aromatic nitrogens is 2. The Kier molecular flexibility index (Phi) is 5.27. The van der Waals surface area contributed by atoms with E-state index in [-0.39, 0.29) is 17.3 Å². The molecule has 0 bridgehead atoms. The first-order chi connectivity index (χ1) is 14.4. The van der Waals surface area contributed by atoms with Gasteiger partial charge in [-0.3, -0.25) is 14.2 Å². The number of nitrogens with zero attached hydrogens (tertiary/aromatic N) is 2. The topological polar surface area (TPSA) is 73.1 Å². The molecule has 0 aliphatic carbocycles. The molecule has 0 atom stereocenters. The smallest absolute Gasteiger partial charge is 0.322 e. The Morgan fingerprint density at radius 2 is 1.93 bits per heavy atom. The Balaban J connectivity index is 1.80. The molecular weight excluding hydrogens is 429 g/mol. The molecule has 0 fully saturated rings. The van der Waals surface area contributed by atoms with Crippen molar-refractivity contribution in [3.05, 3.63) is 91.2 Å². The van der Waals surface area contributed by atoms with Crippen LogP contribution < -0.4 is 16.6 Å². The largest absolute Gasteiger partial charge is 0.336 e. The molecule has 0 unspecified atom stereocenters. The van der Waals surface area contributed by atoms with Crippen LogP contribution in [0.3, 0.4) is 0 Å². The number of rotatable bonds is 4. The first-order valence-electron chi connectivity index (χ1n) is 8.91. The zero-order valence-corrected chi connectivity index (χ0v) is 17.3. The predicted octanol–water partition coefficient (Wildman–Crippen LogP) is 3.95. The van der Waals surface area contributed by atoms with Crippen LogP contribution in [0.5, 0.6) is 0 Å². The minimum absolute atomic E-state index is 0.0498. The molecule has 2 aromatic heterocycles. The van der Waals surface area contributed by atoms with Gasteiger partial charge in [-0.25, -0.2) is 13.8 Å². The zero-order valence-electron chi connectivity index (χ0n) is 15.7. The van der Waals surface area contributed by atoms with Gasteiger partial charge in [0.2, 0.25) is 5.91 Å². The van der Waals surface area contributed by atoms with Crippen LogP contribution in [0.2, 0.25) is 5.02 Å². The lowest BCUT2D eigenvalue weighted by atomic mass is 10.2. The van der Waals surface area contributed by atoms with Gasteiger partial charge in [0.25, 0.3) is 5.56 Å². The molecule has 9 heteroatoms. The second-order valence-corrected chi connectivity index (χ2v) is 7.96. The van der Waals surface area contributed by atoms with Gasteiger partial charge < -0.3 is 5.32 Å². The molecule has 1 amide bonds. The van der Waals surface area contributed by atoms with Crippen molar-refractivity contribution in [1.82, 2.24) is 9.13 Å². The average molecular weight is 444 g/mol. The minimum Gasteiger partial charge on any atom is -0.322 e. The Morgan fingerprint density at radius 1 is 1.17 bits per heavy atom. The molecule has 0 aliphatic heterocycles. The van der Waals surface area contributed by atoms with Gasteiger partial charge in [-0.05, 0) is 48.2 Å². The Hall–Kier alpha value is -3.23. The van der Waals surface area contributed by atoms with Crippen molar-refractivity contribution in [3.8, 4) is 5.69 Å². The minimum atomic E-state index is -0.686. The Labute approximate surface area is 178 Å². The van der Waals surface area contributed by atoms with E-state index in [1.807, 2.05) is 0 Å². The molecule has 0 saturated carbocycles. The highest BCUT2D eigenvalue weighted by atomic mass is 35.5. The summed E-state index contributed by atoms with van der Waals surface area (Å²) in [6.45, 7) is 1.40. The molecule has 4 aromatic rings. The van der Waals surface area contributed by atoms with Crippen LogP contribution in [0.15, 0.2) is 63.5 Å². The van der Waals surface area contributed by atoms with Crippen LogP contribution in [0.4, 0.5) is 10.1 Å². The summed E-state index contributed by atoms with van der Waals surface area (Å²) in [5, 5.41) is 4.32. The van der Waals surface area contributed by atoms with Crippen LogP contribution in [-0.2, 0) is 11.3 Å². The summed E-state index contributed by atoms with van der Waals surface area (Å²) in [6, 6.07) is 12.5. The molecule has 4 rings (SSSR count). The van der Waals surface area contributed by atoms with Gasteiger partial charge in [0.05, 0.1) is 16.9 Å². The van der Waals surface area contributed by atoms with Crippen molar-refractivity contribution in [2.75, 3.05) is 5.32 Å². The third kappa shape index (κ3) is 3.55. The summed E-state index contributed by atoms with van der Waals surface area (Å²) >= 11 is 6.92. The molecule has 30 heavy (non-hydrogen) atoms. The molecule has 2 heterocycles. The quantitative estimate of drug-likeness (QED) is 0.519. The number of halogens is 2. The summed E-state index contributed by atoms with van der Waals surface area (Å²) in [7, 11) is 0. The number of aryl methyl sites for hydroxylation is 1. The van der Waals surface area contributed by atoms with Crippen LogP contribution in [0, 0.1) is 12.7 Å². The molecule has 152 valence electrons. The predicted molar refractivity (Wildman–Crippen MR) is 116 cm³/mol. The standard InChI is InChI=1S/C21H15ClFN3O3S/c1-12-4-2-3-5-16(12)26-20(28)19-17(8-9-30-19)25(21(26)29)11-18(27)24-15-7-6-13(22)10-14(15)23/h2-10H,11H2,1H3,(H,24,27). The number of carbonyl (C=O) groups excluding carboxylic acids is 1. The lowest BCUT2D eigenvalue weighted by Crippen LogP contribution is -2.40. The molecular formula is C21H15ClFN3O3S. The van der Waals surface area contributed by atoms with Gasteiger partial charge in [-0.2, -0.15) is 0 Å². The van der Waals surface area contributed by atoms with E-state index in [0.717, 1.165) is 16.2 Å². The van der Waals surface area contributed by atoms with Crippen molar-refractivity contribution in [3.63, 3.8) is 0 Å². The average Bonchev–Trinajstić information content (AvgIpc) is 3.19. The van der Waals surface area contributed by atoms with Crippen LogP contribution in [0.25, 0.3) is 15.9 Å². The van der Waals surface area contributed by atoms with Crippen LogP contribution >= 0.6 is 22.9 Å². The van der Waals surface area contributed by atoms with Crippen molar-refractivity contribution in [2.24, 2.45) is 0 Å². The number of hydrogen-bond acceptors (Lipinski definition) is 4. The number of amides is 1. The SMILES string of the molecule is Cc1ccccc1-n1c(=O)c2sccc2n(CC(=O)Nc2ccc(Cl)cc2F)c1=O. The fourth-order valence-corrected chi connectivity index (χ4v) is 4.17.